The van der Waals surface area contributed by atoms with E-state index >= 15 is 0 Å². The summed E-state index contributed by atoms with van der Waals surface area (Å²) in [7, 11) is 3.85. The Labute approximate surface area is 137 Å². The largest absolute Gasteiger partial charge is 0.545 e. The zero-order valence-corrected chi connectivity index (χ0v) is 13.3. The molecule has 0 spiro atoms. The lowest BCUT2D eigenvalue weighted by molar-refractivity contribution is -0.926. The van der Waals surface area contributed by atoms with Gasteiger partial charge >= 0.3 is 12.1 Å². The molecule has 0 amide bonds. The van der Waals surface area contributed by atoms with Crippen LogP contribution in [0.3, 0.4) is 0 Å². The van der Waals surface area contributed by atoms with E-state index in [9.17, 15) is 24.6 Å². The van der Waals surface area contributed by atoms with Crippen molar-refractivity contribution in [2.45, 2.75) is 25.3 Å². The molecule has 1 aromatic rings. The molecular formula is C15H18N2O7. The molecule has 2 heterocycles. The molecule has 0 aromatic carbocycles. The first-order valence-corrected chi connectivity index (χ1v) is 7.36. The zero-order chi connectivity index (χ0) is 18.1. The highest BCUT2D eigenvalue weighted by molar-refractivity contribution is 6.03. The lowest BCUT2D eigenvalue weighted by atomic mass is 9.89. The van der Waals surface area contributed by atoms with Crippen molar-refractivity contribution < 1.29 is 38.9 Å². The van der Waals surface area contributed by atoms with Crippen LogP contribution in [-0.2, 0) is 0 Å². The number of nitrogens with zero attached hydrogens (tertiary/aromatic N) is 2. The van der Waals surface area contributed by atoms with Gasteiger partial charge in [-0.15, -0.1) is 0 Å². The number of carboxylic acid groups (broad SMARTS) is 3. The lowest BCUT2D eigenvalue weighted by Gasteiger charge is -2.42. The van der Waals surface area contributed by atoms with E-state index in [4.69, 9.17) is 5.11 Å². The fraction of sp³-hybridized carbons (Fsp3) is 0.467. The smallest absolute Gasteiger partial charge is 0.512 e. The van der Waals surface area contributed by atoms with Crippen LogP contribution in [0.1, 0.15) is 51.6 Å². The summed E-state index contributed by atoms with van der Waals surface area (Å²) < 4.78 is 4.79. The molecule has 2 rings (SSSR count). The van der Waals surface area contributed by atoms with Crippen molar-refractivity contribution in [2.75, 3.05) is 20.6 Å². The number of pyridine rings is 1. The third-order valence-corrected chi connectivity index (χ3v) is 4.34. The molecule has 1 saturated heterocycles. The van der Waals surface area contributed by atoms with Crippen LogP contribution in [0.15, 0.2) is 6.20 Å². The molecule has 1 unspecified atom stereocenters. The number of hydrogen-bond donors (Lipinski definition) is 2. The first kappa shape index (κ1) is 17.7. The fourth-order valence-electron chi connectivity index (χ4n) is 3.24. The van der Waals surface area contributed by atoms with Crippen molar-refractivity contribution in [1.29, 1.82) is 0 Å². The summed E-state index contributed by atoms with van der Waals surface area (Å²) in [6.07, 6.45) is 1.92. The molecule has 1 aliphatic heterocycles. The number of hydrogen-bond acceptors (Lipinski definition) is 6. The van der Waals surface area contributed by atoms with E-state index in [0.717, 1.165) is 19.4 Å². The zero-order valence-electron chi connectivity index (χ0n) is 13.3. The van der Waals surface area contributed by atoms with Gasteiger partial charge in [0, 0.05) is 18.2 Å². The van der Waals surface area contributed by atoms with Crippen LogP contribution in [0.2, 0.25) is 0 Å². The van der Waals surface area contributed by atoms with Gasteiger partial charge in [-0.3, -0.25) is 0 Å². The van der Waals surface area contributed by atoms with E-state index < -0.39 is 35.1 Å². The predicted octanol–water partition coefficient (Wildman–Crippen LogP) is 0.501. The highest BCUT2D eigenvalue weighted by Crippen LogP contribution is 2.38. The van der Waals surface area contributed by atoms with Gasteiger partial charge < -0.3 is 29.3 Å². The lowest BCUT2D eigenvalue weighted by Crippen LogP contribution is -2.47. The highest BCUT2D eigenvalue weighted by atomic mass is 16.7. The number of rotatable bonds is 4. The normalized spacial score (nSPS) is 19.5. The SMILES string of the molecule is C[N+]1(C)CCCCC1c1cnc(OC(=O)O)c(C(=O)[O-])c1C(=O)O. The first-order chi connectivity index (χ1) is 11.1. The van der Waals surface area contributed by atoms with Crippen LogP contribution < -0.4 is 9.84 Å². The van der Waals surface area contributed by atoms with Crippen LogP contribution in [0.4, 0.5) is 4.79 Å². The molecule has 130 valence electrons. The molecule has 0 bridgehead atoms. The van der Waals surface area contributed by atoms with Gasteiger partial charge in [-0.1, -0.05) is 0 Å². The minimum atomic E-state index is -1.85. The monoisotopic (exact) mass is 338 g/mol. The Morgan fingerprint density at radius 2 is 1.92 bits per heavy atom. The number of piperidine rings is 1. The molecule has 24 heavy (non-hydrogen) atoms. The van der Waals surface area contributed by atoms with E-state index in [2.05, 4.69) is 9.72 Å². The van der Waals surface area contributed by atoms with Crippen LogP contribution in [0.5, 0.6) is 5.88 Å². The van der Waals surface area contributed by atoms with Crippen molar-refractivity contribution in [3.8, 4) is 5.88 Å². The molecule has 0 saturated carbocycles. The molecule has 0 radical (unpaired) electrons. The van der Waals surface area contributed by atoms with E-state index in [1.54, 1.807) is 0 Å². The Balaban J connectivity index is 2.69. The molecule has 1 aliphatic rings. The minimum absolute atomic E-state index is 0.240. The average molecular weight is 338 g/mol. The van der Waals surface area contributed by atoms with Crippen LogP contribution in [0, 0.1) is 0 Å². The van der Waals surface area contributed by atoms with E-state index in [1.165, 1.54) is 6.20 Å². The Bertz CT molecular complexity index is 699. The fourth-order valence-corrected chi connectivity index (χ4v) is 3.24. The quantitative estimate of drug-likeness (QED) is 0.598. The van der Waals surface area contributed by atoms with Crippen LogP contribution >= 0.6 is 0 Å². The number of quaternary nitrogens is 1. The minimum Gasteiger partial charge on any atom is -0.545 e. The standard InChI is InChI=1S/C15H18N2O7/c1-17(2)6-4-3-5-9(17)8-7-16-12(24-15(22)23)11(14(20)21)10(8)13(18)19/h7,9H,3-6H2,1-2H3,(H2-,18,19,20,21,22,23). The van der Waals surface area contributed by atoms with Gasteiger partial charge in [0.2, 0.25) is 5.88 Å². The van der Waals surface area contributed by atoms with E-state index in [1.807, 2.05) is 14.1 Å². The maximum atomic E-state index is 11.7. The number of carboxylic acids is 2. The third-order valence-electron chi connectivity index (χ3n) is 4.34. The second-order valence-electron chi connectivity index (χ2n) is 6.24. The highest BCUT2D eigenvalue weighted by Gasteiger charge is 2.37. The van der Waals surface area contributed by atoms with Gasteiger partial charge in [-0.2, -0.15) is 0 Å². The summed E-state index contributed by atoms with van der Waals surface area (Å²) >= 11 is 0. The topological polar surface area (TPSA) is 137 Å². The van der Waals surface area contributed by atoms with Gasteiger partial charge in [0.15, 0.2) is 0 Å². The first-order valence-electron chi connectivity index (χ1n) is 7.36. The number of likely N-dealkylation sites (tertiary alicyclic amines) is 1. The number of ether oxygens (including phenoxy) is 1. The van der Waals surface area contributed by atoms with Crippen molar-refractivity contribution in [2.24, 2.45) is 0 Å². The number of aromatic nitrogens is 1. The Morgan fingerprint density at radius 1 is 1.25 bits per heavy atom. The summed E-state index contributed by atoms with van der Waals surface area (Å²) in [6, 6.07) is -0.269. The molecule has 9 heteroatoms. The van der Waals surface area contributed by atoms with Crippen LogP contribution in [0.25, 0.3) is 0 Å². The number of carbonyl (C=O) groups excluding carboxylic acids is 1. The Morgan fingerprint density at radius 3 is 2.42 bits per heavy atom. The molecule has 1 aromatic heterocycles. The summed E-state index contributed by atoms with van der Waals surface area (Å²) in [4.78, 5) is 37.6. The van der Waals surface area contributed by atoms with Gasteiger partial charge in [0.05, 0.1) is 37.7 Å². The molecule has 1 atom stereocenters. The maximum Gasteiger partial charge on any atom is 0.512 e. The van der Waals surface area contributed by atoms with E-state index in [0.29, 0.717) is 10.9 Å². The van der Waals surface area contributed by atoms with Gasteiger partial charge in [-0.05, 0) is 12.8 Å². The Kier molecular flexibility index (Phi) is 4.74. The number of aromatic carboxylic acids is 2. The number of carbonyl (C=O) groups is 3. The third kappa shape index (κ3) is 3.30. The van der Waals surface area contributed by atoms with Crippen molar-refractivity contribution in [3.05, 3.63) is 22.9 Å². The van der Waals surface area contributed by atoms with Crippen LogP contribution in [-0.4, -0.2) is 58.4 Å². The predicted molar refractivity (Wildman–Crippen MR) is 77.7 cm³/mol. The molecular weight excluding hydrogens is 320 g/mol. The van der Waals surface area contributed by atoms with E-state index in [-0.39, 0.29) is 11.6 Å². The second-order valence-corrected chi connectivity index (χ2v) is 6.24. The van der Waals surface area contributed by atoms with Crippen molar-refractivity contribution in [3.63, 3.8) is 0 Å². The molecule has 1 fully saturated rings. The summed E-state index contributed by atoms with van der Waals surface area (Å²) in [5, 5.41) is 29.6. The van der Waals surface area contributed by atoms with Gasteiger partial charge in [0.25, 0.3) is 0 Å². The Hall–Kier alpha value is -2.68. The van der Waals surface area contributed by atoms with Gasteiger partial charge in [0.1, 0.15) is 6.04 Å². The molecule has 2 N–H and O–H groups in total. The molecule has 0 aliphatic carbocycles. The van der Waals surface area contributed by atoms with Crippen molar-refractivity contribution in [1.82, 2.24) is 4.98 Å². The summed E-state index contributed by atoms with van der Waals surface area (Å²) in [5.41, 5.74) is -1.14. The average Bonchev–Trinajstić information content (AvgIpc) is 2.45. The van der Waals surface area contributed by atoms with Gasteiger partial charge in [-0.25, -0.2) is 14.6 Å². The maximum absolute atomic E-state index is 11.7. The summed E-state index contributed by atoms with van der Waals surface area (Å²) in [6.45, 7) is 0.803. The second kappa shape index (κ2) is 6.44. The summed E-state index contributed by atoms with van der Waals surface area (Å²) in [5.74, 6) is -4.14. The molecule has 9 nitrogen and oxygen atoms in total. The van der Waals surface area contributed by atoms with Crippen molar-refractivity contribution >= 4 is 18.1 Å².